The van der Waals surface area contributed by atoms with Crippen LogP contribution in [0.3, 0.4) is 0 Å². The molecule has 2 N–H and O–H groups in total. The molecule has 1 atom stereocenters. The van der Waals surface area contributed by atoms with Gasteiger partial charge in [0.25, 0.3) is 0 Å². The number of aliphatic imine (C=N–C) groups is 1. The molecule has 1 heterocycles. The molecule has 1 unspecified atom stereocenters. The maximum atomic E-state index is 5.69. The van der Waals surface area contributed by atoms with Crippen molar-refractivity contribution in [3.63, 3.8) is 0 Å². The number of rotatable bonds is 10. The zero-order valence-electron chi connectivity index (χ0n) is 17.6. The van der Waals surface area contributed by atoms with Crippen molar-refractivity contribution in [3.05, 3.63) is 29.8 Å². The van der Waals surface area contributed by atoms with Crippen LogP contribution in [0.1, 0.15) is 38.7 Å². The monoisotopic (exact) mass is 505 g/mol. The van der Waals surface area contributed by atoms with Crippen LogP contribution >= 0.6 is 24.0 Å². The first-order valence-electron chi connectivity index (χ1n) is 9.83. The number of nitrogens with one attached hydrogen (secondary N) is 2. The highest BCUT2D eigenvalue weighted by molar-refractivity contribution is 14.0. The van der Waals surface area contributed by atoms with E-state index >= 15 is 0 Å². The quantitative estimate of drug-likeness (QED) is 0.221. The van der Waals surface area contributed by atoms with Gasteiger partial charge in [-0.15, -0.1) is 24.0 Å². The molecule has 0 spiro atoms. The van der Waals surface area contributed by atoms with Crippen molar-refractivity contribution in [2.75, 3.05) is 47.1 Å². The van der Waals surface area contributed by atoms with E-state index in [4.69, 9.17) is 14.2 Å². The summed E-state index contributed by atoms with van der Waals surface area (Å²) in [5, 5.41) is 6.77. The van der Waals surface area contributed by atoms with Crippen molar-refractivity contribution in [1.82, 2.24) is 10.6 Å². The lowest BCUT2D eigenvalue weighted by Gasteiger charge is -2.27. The van der Waals surface area contributed by atoms with Gasteiger partial charge in [-0.2, -0.15) is 0 Å². The maximum absolute atomic E-state index is 5.69. The molecular formula is C21H36IN3O3. The molecule has 0 aromatic heterocycles. The van der Waals surface area contributed by atoms with E-state index in [0.717, 1.165) is 57.3 Å². The molecule has 0 radical (unpaired) electrons. The van der Waals surface area contributed by atoms with Gasteiger partial charge in [0.1, 0.15) is 5.75 Å². The number of hydrogen-bond donors (Lipinski definition) is 2. The topological polar surface area (TPSA) is 64.1 Å². The zero-order chi connectivity index (χ0) is 19.5. The Hall–Kier alpha value is -1.06. The molecule has 1 aromatic rings. The molecule has 1 saturated heterocycles. The molecule has 1 aliphatic heterocycles. The van der Waals surface area contributed by atoms with Crippen LogP contribution in [0.15, 0.2) is 29.3 Å². The number of methoxy groups -OCH3 is 1. The molecule has 1 aromatic carbocycles. The number of nitrogens with zero attached hydrogens (tertiary/aromatic N) is 1. The number of guanidine groups is 1. The minimum absolute atomic E-state index is 0. The summed E-state index contributed by atoms with van der Waals surface area (Å²) in [5.41, 5.74) is 1.24. The highest BCUT2D eigenvalue weighted by Gasteiger charge is 2.21. The van der Waals surface area contributed by atoms with E-state index in [2.05, 4.69) is 41.6 Å². The summed E-state index contributed by atoms with van der Waals surface area (Å²) in [6, 6.07) is 8.23. The van der Waals surface area contributed by atoms with E-state index < -0.39 is 0 Å². The number of hydrogen-bond acceptors (Lipinski definition) is 4. The Kier molecular flexibility index (Phi) is 11.8. The van der Waals surface area contributed by atoms with E-state index in [0.29, 0.717) is 12.7 Å². The van der Waals surface area contributed by atoms with Crippen LogP contribution in [0.2, 0.25) is 0 Å². The van der Waals surface area contributed by atoms with Crippen molar-refractivity contribution in [2.24, 2.45) is 4.99 Å². The van der Waals surface area contributed by atoms with Crippen LogP contribution in [-0.2, 0) is 14.9 Å². The summed E-state index contributed by atoms with van der Waals surface area (Å²) >= 11 is 0. The third-order valence-corrected chi connectivity index (χ3v) is 4.88. The minimum Gasteiger partial charge on any atom is -0.497 e. The summed E-state index contributed by atoms with van der Waals surface area (Å²) in [5.74, 6) is 1.69. The molecule has 6 nitrogen and oxygen atoms in total. The van der Waals surface area contributed by atoms with Gasteiger partial charge in [-0.1, -0.05) is 26.0 Å². The fourth-order valence-electron chi connectivity index (χ4n) is 3.04. The molecule has 1 aliphatic rings. The van der Waals surface area contributed by atoms with E-state index in [1.807, 2.05) is 12.1 Å². The molecule has 1 fully saturated rings. The van der Waals surface area contributed by atoms with Crippen molar-refractivity contribution in [3.8, 4) is 5.75 Å². The Bertz CT molecular complexity index is 573. The lowest BCUT2D eigenvalue weighted by atomic mass is 9.84. The molecule has 160 valence electrons. The van der Waals surface area contributed by atoms with Crippen LogP contribution in [-0.4, -0.2) is 59.1 Å². The van der Waals surface area contributed by atoms with Gasteiger partial charge >= 0.3 is 0 Å². The van der Waals surface area contributed by atoms with E-state index in [9.17, 15) is 0 Å². The van der Waals surface area contributed by atoms with Crippen molar-refractivity contribution in [2.45, 2.75) is 44.6 Å². The van der Waals surface area contributed by atoms with Gasteiger partial charge in [-0.25, -0.2) is 0 Å². The first kappa shape index (κ1) is 25.0. The van der Waals surface area contributed by atoms with Crippen molar-refractivity contribution < 1.29 is 14.2 Å². The highest BCUT2D eigenvalue weighted by atomic mass is 127. The molecule has 0 bridgehead atoms. The van der Waals surface area contributed by atoms with Crippen LogP contribution < -0.4 is 15.4 Å². The van der Waals surface area contributed by atoms with Gasteiger partial charge in [0.15, 0.2) is 5.96 Å². The number of ether oxygens (including phenoxy) is 3. The second-order valence-corrected chi connectivity index (χ2v) is 7.53. The first-order valence-corrected chi connectivity index (χ1v) is 9.83. The highest BCUT2D eigenvalue weighted by Crippen LogP contribution is 2.24. The van der Waals surface area contributed by atoms with Gasteiger partial charge in [0.05, 0.1) is 19.8 Å². The van der Waals surface area contributed by atoms with Crippen LogP contribution in [0.25, 0.3) is 0 Å². The van der Waals surface area contributed by atoms with E-state index in [1.54, 1.807) is 14.2 Å². The maximum Gasteiger partial charge on any atom is 0.191 e. The SMILES string of the molecule is CN=C(NCCCOCC1CCCO1)NCC(C)(C)c1ccc(OC)cc1.I. The molecule has 7 heteroatoms. The summed E-state index contributed by atoms with van der Waals surface area (Å²) in [7, 11) is 3.48. The first-order chi connectivity index (χ1) is 13.0. The Balaban J connectivity index is 0.00000392. The minimum atomic E-state index is -0.0196. The molecule has 28 heavy (non-hydrogen) atoms. The molecule has 0 amide bonds. The molecular weight excluding hydrogens is 469 g/mol. The zero-order valence-corrected chi connectivity index (χ0v) is 20.0. The summed E-state index contributed by atoms with van der Waals surface area (Å²) in [4.78, 5) is 4.31. The predicted molar refractivity (Wildman–Crippen MR) is 125 cm³/mol. The van der Waals surface area contributed by atoms with E-state index in [-0.39, 0.29) is 29.4 Å². The third-order valence-electron chi connectivity index (χ3n) is 4.88. The number of benzene rings is 1. The van der Waals surface area contributed by atoms with Crippen LogP contribution in [0.5, 0.6) is 5.75 Å². The van der Waals surface area contributed by atoms with E-state index in [1.165, 1.54) is 5.56 Å². The van der Waals surface area contributed by atoms with Gasteiger partial charge in [-0.05, 0) is 37.0 Å². The normalized spacial score (nSPS) is 17.1. The van der Waals surface area contributed by atoms with Gasteiger partial charge in [-0.3, -0.25) is 4.99 Å². The molecule has 2 rings (SSSR count). The average molecular weight is 505 g/mol. The third kappa shape index (κ3) is 8.53. The smallest absolute Gasteiger partial charge is 0.191 e. The molecule has 0 aliphatic carbocycles. The Morgan fingerprint density at radius 3 is 2.61 bits per heavy atom. The fraction of sp³-hybridized carbons (Fsp3) is 0.667. The van der Waals surface area contributed by atoms with Gasteiger partial charge < -0.3 is 24.8 Å². The Labute approximate surface area is 186 Å². The van der Waals surface area contributed by atoms with Crippen molar-refractivity contribution in [1.29, 1.82) is 0 Å². The largest absolute Gasteiger partial charge is 0.497 e. The van der Waals surface area contributed by atoms with Crippen molar-refractivity contribution >= 4 is 29.9 Å². The van der Waals surface area contributed by atoms with Gasteiger partial charge in [0, 0.05) is 38.8 Å². The predicted octanol–water partition coefficient (Wildman–Crippen LogP) is 3.34. The second kappa shape index (κ2) is 13.2. The lowest BCUT2D eigenvalue weighted by Crippen LogP contribution is -2.43. The molecule has 0 saturated carbocycles. The second-order valence-electron chi connectivity index (χ2n) is 7.53. The Morgan fingerprint density at radius 1 is 1.25 bits per heavy atom. The van der Waals surface area contributed by atoms with Gasteiger partial charge in [0.2, 0.25) is 0 Å². The Morgan fingerprint density at radius 2 is 2.00 bits per heavy atom. The summed E-state index contributed by atoms with van der Waals surface area (Å²) < 4.78 is 16.5. The average Bonchev–Trinajstić information content (AvgIpc) is 3.20. The summed E-state index contributed by atoms with van der Waals surface area (Å²) in [6.07, 6.45) is 3.52. The number of halogens is 1. The van der Waals surface area contributed by atoms with Crippen LogP contribution in [0, 0.1) is 0 Å². The van der Waals surface area contributed by atoms with Crippen LogP contribution in [0.4, 0.5) is 0 Å². The lowest BCUT2D eigenvalue weighted by molar-refractivity contribution is 0.0168. The standard InChI is InChI=1S/C21H35N3O3.HI/c1-21(2,17-8-10-18(25-4)11-9-17)16-24-20(22-3)23-12-6-13-26-15-19-7-5-14-27-19;/h8-11,19H,5-7,12-16H2,1-4H3,(H2,22,23,24);1H. The fourth-order valence-corrected chi connectivity index (χ4v) is 3.04. The summed E-state index contributed by atoms with van der Waals surface area (Å²) in [6.45, 7) is 8.37.